The molecular formula is C21H18N2O4. The highest BCUT2D eigenvalue weighted by atomic mass is 16.5. The van der Waals surface area contributed by atoms with Gasteiger partial charge < -0.3 is 14.6 Å². The molecular weight excluding hydrogens is 344 g/mol. The minimum Gasteiger partial charge on any atom is -0.508 e. The lowest BCUT2D eigenvalue weighted by molar-refractivity contribution is 0.358. The standard InChI is InChI=1S/C20H14N2O4.CH4/c1-25-15-6-4-12-16(19(15)26-2)20(24)22-14-5-3-10(23)9-13(14)11-7-8-21-17(12)18(11)22;/h3-9,23H,1-2H3;1H4. The van der Waals surface area contributed by atoms with E-state index in [1.54, 1.807) is 34.9 Å². The second kappa shape index (κ2) is 5.74. The lowest BCUT2D eigenvalue weighted by Gasteiger charge is -2.12. The SMILES string of the molecule is C.COc1ccc2c(c1OC)c(=O)n1c3ccc(O)cc3c3ccnc2c31. The minimum atomic E-state index is -0.207. The molecule has 0 amide bonds. The monoisotopic (exact) mass is 362 g/mol. The zero-order valence-electron chi connectivity index (χ0n) is 14.1. The Balaban J connectivity index is 0.00000180. The minimum absolute atomic E-state index is 0. The predicted octanol–water partition coefficient (Wildman–Crippen LogP) is 3.95. The van der Waals surface area contributed by atoms with E-state index in [9.17, 15) is 9.90 Å². The van der Waals surface area contributed by atoms with Crippen LogP contribution in [0.5, 0.6) is 17.2 Å². The summed E-state index contributed by atoms with van der Waals surface area (Å²) in [4.78, 5) is 18.0. The normalized spacial score (nSPS) is 11.3. The summed E-state index contributed by atoms with van der Waals surface area (Å²) in [6.45, 7) is 0. The summed E-state index contributed by atoms with van der Waals surface area (Å²) in [7, 11) is 3.05. The van der Waals surface area contributed by atoms with E-state index in [-0.39, 0.29) is 18.7 Å². The Morgan fingerprint density at radius 3 is 2.56 bits per heavy atom. The summed E-state index contributed by atoms with van der Waals surface area (Å²) in [6, 6.07) is 10.4. The van der Waals surface area contributed by atoms with Crippen LogP contribution in [0.15, 0.2) is 47.4 Å². The Morgan fingerprint density at radius 2 is 1.81 bits per heavy atom. The maximum absolute atomic E-state index is 13.4. The van der Waals surface area contributed by atoms with Crippen LogP contribution < -0.4 is 15.0 Å². The van der Waals surface area contributed by atoms with Crippen molar-refractivity contribution in [1.29, 1.82) is 0 Å². The fourth-order valence-corrected chi connectivity index (χ4v) is 3.81. The van der Waals surface area contributed by atoms with E-state index >= 15 is 0 Å². The number of hydrogen-bond donors (Lipinski definition) is 1. The molecule has 2 aromatic carbocycles. The number of nitrogens with zero attached hydrogens (tertiary/aromatic N) is 2. The molecule has 3 aromatic heterocycles. The maximum atomic E-state index is 13.4. The van der Waals surface area contributed by atoms with Gasteiger partial charge in [0.05, 0.1) is 36.2 Å². The topological polar surface area (TPSA) is 73.1 Å². The number of benzene rings is 2. The molecule has 0 spiro atoms. The number of rotatable bonds is 2. The van der Waals surface area contributed by atoms with E-state index in [0.29, 0.717) is 33.3 Å². The van der Waals surface area contributed by atoms with Gasteiger partial charge in [-0.1, -0.05) is 7.43 Å². The second-order valence-corrected chi connectivity index (χ2v) is 6.12. The van der Waals surface area contributed by atoms with Gasteiger partial charge in [0.2, 0.25) is 0 Å². The lowest BCUT2D eigenvalue weighted by Crippen LogP contribution is -2.14. The second-order valence-electron chi connectivity index (χ2n) is 6.12. The van der Waals surface area contributed by atoms with Crippen molar-refractivity contribution in [2.75, 3.05) is 14.2 Å². The number of fused-ring (bicyclic) bond motifs is 5. The van der Waals surface area contributed by atoms with Gasteiger partial charge in [0.1, 0.15) is 5.75 Å². The van der Waals surface area contributed by atoms with Crippen LogP contribution in [0.3, 0.4) is 0 Å². The summed E-state index contributed by atoms with van der Waals surface area (Å²) in [5, 5.41) is 12.7. The summed E-state index contributed by atoms with van der Waals surface area (Å²) in [6.07, 6.45) is 1.71. The third-order valence-electron chi connectivity index (χ3n) is 4.88. The van der Waals surface area contributed by atoms with Gasteiger partial charge >= 0.3 is 0 Å². The van der Waals surface area contributed by atoms with Gasteiger partial charge in [-0.2, -0.15) is 0 Å². The fourth-order valence-electron chi connectivity index (χ4n) is 3.81. The van der Waals surface area contributed by atoms with Gasteiger partial charge in [0.15, 0.2) is 11.5 Å². The van der Waals surface area contributed by atoms with Gasteiger partial charge in [-0.15, -0.1) is 0 Å². The van der Waals surface area contributed by atoms with E-state index in [2.05, 4.69) is 4.98 Å². The maximum Gasteiger partial charge on any atom is 0.267 e. The Hall–Kier alpha value is -3.54. The smallest absolute Gasteiger partial charge is 0.267 e. The van der Waals surface area contributed by atoms with Gasteiger partial charge in [0.25, 0.3) is 5.56 Å². The summed E-state index contributed by atoms with van der Waals surface area (Å²) >= 11 is 0. The molecule has 0 saturated heterocycles. The molecule has 27 heavy (non-hydrogen) atoms. The molecule has 136 valence electrons. The first-order valence-electron chi connectivity index (χ1n) is 8.08. The first kappa shape index (κ1) is 16.9. The van der Waals surface area contributed by atoms with E-state index in [1.807, 2.05) is 12.1 Å². The average Bonchev–Trinajstić information content (AvgIpc) is 2.99. The van der Waals surface area contributed by atoms with Crippen molar-refractivity contribution in [3.05, 3.63) is 52.9 Å². The number of aromatic hydroxyl groups is 1. The van der Waals surface area contributed by atoms with Crippen LogP contribution in [0.1, 0.15) is 7.43 Å². The number of pyridine rings is 2. The molecule has 0 fully saturated rings. The van der Waals surface area contributed by atoms with Crippen LogP contribution in [-0.2, 0) is 0 Å². The fraction of sp³-hybridized carbons (Fsp3) is 0.143. The number of phenols is 1. The highest BCUT2D eigenvalue weighted by Crippen LogP contribution is 2.39. The Morgan fingerprint density at radius 1 is 1.00 bits per heavy atom. The molecule has 0 aliphatic carbocycles. The van der Waals surface area contributed by atoms with E-state index in [1.165, 1.54) is 14.2 Å². The van der Waals surface area contributed by atoms with Gasteiger partial charge in [-0.25, -0.2) is 0 Å². The molecule has 5 aromatic rings. The molecule has 0 unspecified atom stereocenters. The van der Waals surface area contributed by atoms with Gasteiger partial charge in [-0.3, -0.25) is 14.2 Å². The summed E-state index contributed by atoms with van der Waals surface area (Å²) in [5.41, 5.74) is 1.95. The zero-order valence-corrected chi connectivity index (χ0v) is 14.1. The van der Waals surface area contributed by atoms with Crippen molar-refractivity contribution in [1.82, 2.24) is 9.38 Å². The van der Waals surface area contributed by atoms with Crippen LogP contribution in [0, 0.1) is 0 Å². The van der Waals surface area contributed by atoms with Crippen molar-refractivity contribution in [3.63, 3.8) is 0 Å². The summed E-state index contributed by atoms with van der Waals surface area (Å²) < 4.78 is 12.5. The molecule has 0 radical (unpaired) electrons. The molecule has 6 heteroatoms. The highest BCUT2D eigenvalue weighted by molar-refractivity contribution is 6.19. The van der Waals surface area contributed by atoms with Gasteiger partial charge in [-0.05, 0) is 36.4 Å². The number of aromatic nitrogens is 2. The Kier molecular flexibility index (Phi) is 3.59. The number of phenolic OH excluding ortho intramolecular Hbond substituents is 1. The van der Waals surface area contributed by atoms with Crippen molar-refractivity contribution in [2.24, 2.45) is 0 Å². The van der Waals surface area contributed by atoms with Crippen LogP contribution in [0.25, 0.3) is 38.1 Å². The van der Waals surface area contributed by atoms with Crippen LogP contribution >= 0.6 is 0 Å². The predicted molar refractivity (Wildman–Crippen MR) is 107 cm³/mol. The number of hydrogen-bond acceptors (Lipinski definition) is 5. The van der Waals surface area contributed by atoms with Crippen molar-refractivity contribution in [2.45, 2.75) is 7.43 Å². The average molecular weight is 362 g/mol. The zero-order chi connectivity index (χ0) is 18.0. The first-order valence-corrected chi connectivity index (χ1v) is 8.08. The molecule has 0 bridgehead atoms. The molecule has 6 nitrogen and oxygen atoms in total. The Bertz CT molecular complexity index is 1390. The molecule has 0 saturated carbocycles. The third-order valence-corrected chi connectivity index (χ3v) is 4.88. The first-order chi connectivity index (χ1) is 12.7. The van der Waals surface area contributed by atoms with Gasteiger partial charge in [0, 0.05) is 22.4 Å². The molecule has 0 aliphatic heterocycles. The molecule has 0 atom stereocenters. The highest BCUT2D eigenvalue weighted by Gasteiger charge is 2.21. The Labute approximate surface area is 154 Å². The lowest BCUT2D eigenvalue weighted by atomic mass is 10.1. The third kappa shape index (κ3) is 2.01. The van der Waals surface area contributed by atoms with Crippen molar-refractivity contribution in [3.8, 4) is 17.2 Å². The summed E-state index contributed by atoms with van der Waals surface area (Å²) in [5.74, 6) is 1.03. The number of methoxy groups -OCH3 is 2. The molecule has 5 rings (SSSR count). The van der Waals surface area contributed by atoms with Crippen molar-refractivity contribution < 1.29 is 14.6 Å². The molecule has 3 heterocycles. The van der Waals surface area contributed by atoms with Crippen LogP contribution in [-0.4, -0.2) is 28.7 Å². The quantitative estimate of drug-likeness (QED) is 0.481. The van der Waals surface area contributed by atoms with Crippen LogP contribution in [0.4, 0.5) is 0 Å². The van der Waals surface area contributed by atoms with Crippen molar-refractivity contribution >= 4 is 38.1 Å². The van der Waals surface area contributed by atoms with E-state index in [4.69, 9.17) is 9.47 Å². The van der Waals surface area contributed by atoms with Crippen LogP contribution in [0.2, 0.25) is 0 Å². The molecule has 1 N–H and O–H groups in total. The van der Waals surface area contributed by atoms with E-state index < -0.39 is 0 Å². The largest absolute Gasteiger partial charge is 0.508 e. The molecule has 0 aliphatic rings. The number of ether oxygens (including phenoxy) is 2. The van der Waals surface area contributed by atoms with E-state index in [0.717, 1.165) is 16.3 Å².